The SMILES string of the molecule is CN(CCCN(CC(O)CCCCCC(=O)OCc1ccccc1)CC(O)CCCCCC(=O)OCc1ccccc1)C(=O)OC(C)(C)C. The molecule has 1 amide bonds. The number of aliphatic hydroxyl groups excluding tert-OH is 2. The minimum atomic E-state index is -0.581. The normalized spacial score (nSPS) is 12.7. The second-order valence-corrected chi connectivity index (χ2v) is 13.8. The number of nitrogens with zero attached hydrogens (tertiary/aromatic N) is 2. The van der Waals surface area contributed by atoms with Crippen LogP contribution in [0.3, 0.4) is 0 Å². The summed E-state index contributed by atoms with van der Waals surface area (Å²) in [5.74, 6) is -0.437. The van der Waals surface area contributed by atoms with Gasteiger partial charge in [0.2, 0.25) is 0 Å². The van der Waals surface area contributed by atoms with Crippen molar-refractivity contribution >= 4 is 18.0 Å². The molecule has 0 aromatic heterocycles. The third kappa shape index (κ3) is 21.3. The van der Waals surface area contributed by atoms with Gasteiger partial charge in [0.05, 0.1) is 12.2 Å². The van der Waals surface area contributed by atoms with Gasteiger partial charge < -0.3 is 29.3 Å². The topological polar surface area (TPSA) is 126 Å². The molecule has 0 fully saturated rings. The summed E-state index contributed by atoms with van der Waals surface area (Å²) in [4.78, 5) is 40.1. The van der Waals surface area contributed by atoms with E-state index in [1.807, 2.05) is 81.4 Å². The maximum absolute atomic E-state index is 12.4. The summed E-state index contributed by atoms with van der Waals surface area (Å²) in [6, 6.07) is 19.2. The lowest BCUT2D eigenvalue weighted by Gasteiger charge is -2.29. The molecule has 10 heteroatoms. The van der Waals surface area contributed by atoms with Gasteiger partial charge in [0, 0.05) is 46.1 Å². The molecule has 0 aliphatic heterocycles. The Balaban J connectivity index is 1.71. The molecule has 0 radical (unpaired) electrons. The van der Waals surface area contributed by atoms with Crippen LogP contribution < -0.4 is 0 Å². The molecule has 274 valence electrons. The highest BCUT2D eigenvalue weighted by molar-refractivity contribution is 5.69. The molecule has 2 aromatic carbocycles. The molecule has 2 aromatic rings. The molecule has 49 heavy (non-hydrogen) atoms. The summed E-state index contributed by atoms with van der Waals surface area (Å²) in [6.07, 6.45) is 5.55. The molecule has 2 unspecified atom stereocenters. The average Bonchev–Trinajstić information content (AvgIpc) is 3.06. The van der Waals surface area contributed by atoms with Gasteiger partial charge in [0.1, 0.15) is 18.8 Å². The maximum Gasteiger partial charge on any atom is 0.410 e. The van der Waals surface area contributed by atoms with Crippen molar-refractivity contribution in [1.82, 2.24) is 9.80 Å². The predicted octanol–water partition coefficient (Wildman–Crippen LogP) is 6.66. The molecule has 0 aliphatic rings. The number of ether oxygens (including phenoxy) is 3. The first-order valence-electron chi connectivity index (χ1n) is 17.8. The summed E-state index contributed by atoms with van der Waals surface area (Å²) >= 11 is 0. The third-order valence-electron chi connectivity index (χ3n) is 7.93. The summed E-state index contributed by atoms with van der Waals surface area (Å²) in [7, 11) is 1.71. The van der Waals surface area contributed by atoms with Gasteiger partial charge in [0.15, 0.2) is 0 Å². The fourth-order valence-corrected chi connectivity index (χ4v) is 5.27. The second kappa shape index (κ2) is 23.8. The Kier molecular flexibility index (Phi) is 20.3. The number of carbonyl (C=O) groups excluding carboxylic acids is 3. The lowest BCUT2D eigenvalue weighted by atomic mass is 10.1. The number of hydrogen-bond donors (Lipinski definition) is 2. The van der Waals surface area contributed by atoms with Crippen molar-refractivity contribution < 1.29 is 38.8 Å². The minimum absolute atomic E-state index is 0.219. The minimum Gasteiger partial charge on any atom is -0.461 e. The first kappa shape index (κ1) is 41.7. The van der Waals surface area contributed by atoms with Crippen LogP contribution in [0, 0.1) is 0 Å². The van der Waals surface area contributed by atoms with Crippen LogP contribution >= 0.6 is 0 Å². The Morgan fingerprint density at radius 3 is 1.53 bits per heavy atom. The number of unbranched alkanes of at least 4 members (excludes halogenated alkanes) is 4. The van der Waals surface area contributed by atoms with E-state index in [0.717, 1.165) is 36.8 Å². The van der Waals surface area contributed by atoms with Crippen molar-refractivity contribution in [2.75, 3.05) is 33.2 Å². The van der Waals surface area contributed by atoms with E-state index in [1.54, 1.807) is 11.9 Å². The zero-order chi connectivity index (χ0) is 35.9. The highest BCUT2D eigenvalue weighted by Gasteiger charge is 2.21. The molecule has 0 heterocycles. The Bertz CT molecular complexity index is 1120. The van der Waals surface area contributed by atoms with Crippen molar-refractivity contribution in [1.29, 1.82) is 0 Å². The zero-order valence-corrected chi connectivity index (χ0v) is 30.2. The molecular weight excluding hydrogens is 624 g/mol. The first-order valence-corrected chi connectivity index (χ1v) is 17.8. The van der Waals surface area contributed by atoms with Crippen LogP contribution in [-0.4, -0.2) is 89.1 Å². The van der Waals surface area contributed by atoms with Gasteiger partial charge in [-0.25, -0.2) is 4.79 Å². The second-order valence-electron chi connectivity index (χ2n) is 13.8. The van der Waals surface area contributed by atoms with Crippen molar-refractivity contribution in [3.8, 4) is 0 Å². The third-order valence-corrected chi connectivity index (χ3v) is 7.93. The standard InChI is InChI=1S/C39H60N2O8/c1-39(2,3)49-38(46)40(4)26-17-27-41(28-34(42)22-13-7-15-24-36(44)47-30-32-18-9-5-10-19-32)29-35(43)23-14-8-16-25-37(45)48-31-33-20-11-6-12-21-33/h5-6,9-12,18-21,34-35,42-43H,7-8,13-17,22-31H2,1-4H3. The molecular formula is C39H60N2O8. The van der Waals surface area contributed by atoms with Gasteiger partial charge in [-0.3, -0.25) is 14.5 Å². The van der Waals surface area contributed by atoms with Crippen LogP contribution in [0.5, 0.6) is 0 Å². The van der Waals surface area contributed by atoms with Crippen molar-refractivity contribution in [3.05, 3.63) is 71.8 Å². The van der Waals surface area contributed by atoms with Crippen LogP contribution in [0.25, 0.3) is 0 Å². The van der Waals surface area contributed by atoms with Gasteiger partial charge >= 0.3 is 18.0 Å². The van der Waals surface area contributed by atoms with E-state index in [-0.39, 0.29) is 31.2 Å². The quantitative estimate of drug-likeness (QED) is 0.0710. The number of amides is 1. The van der Waals surface area contributed by atoms with Crippen molar-refractivity contribution in [2.24, 2.45) is 0 Å². The predicted molar refractivity (Wildman–Crippen MR) is 191 cm³/mol. The zero-order valence-electron chi connectivity index (χ0n) is 30.2. The Labute approximate surface area is 293 Å². The van der Waals surface area contributed by atoms with E-state index in [1.165, 1.54) is 0 Å². The maximum atomic E-state index is 12.4. The smallest absolute Gasteiger partial charge is 0.410 e. The molecule has 2 atom stereocenters. The van der Waals surface area contributed by atoms with Crippen LogP contribution in [0.4, 0.5) is 4.79 Å². The van der Waals surface area contributed by atoms with E-state index in [2.05, 4.69) is 4.90 Å². The summed E-state index contributed by atoms with van der Waals surface area (Å²) < 4.78 is 16.1. The Morgan fingerprint density at radius 1 is 0.653 bits per heavy atom. The lowest BCUT2D eigenvalue weighted by Crippen LogP contribution is -2.40. The van der Waals surface area contributed by atoms with Crippen LogP contribution in [0.2, 0.25) is 0 Å². The fourth-order valence-electron chi connectivity index (χ4n) is 5.27. The van der Waals surface area contributed by atoms with Crippen LogP contribution in [-0.2, 0) is 37.0 Å². The van der Waals surface area contributed by atoms with Crippen molar-refractivity contribution in [2.45, 2.75) is 122 Å². The first-order chi connectivity index (χ1) is 23.4. The van der Waals surface area contributed by atoms with E-state index in [4.69, 9.17) is 14.2 Å². The van der Waals surface area contributed by atoms with E-state index in [9.17, 15) is 24.6 Å². The molecule has 10 nitrogen and oxygen atoms in total. The average molecular weight is 685 g/mol. The Hall–Kier alpha value is -3.47. The summed E-state index contributed by atoms with van der Waals surface area (Å²) in [5, 5.41) is 21.7. The highest BCUT2D eigenvalue weighted by atomic mass is 16.6. The number of carbonyl (C=O) groups is 3. The molecule has 0 aliphatic carbocycles. The largest absolute Gasteiger partial charge is 0.461 e. The number of esters is 2. The van der Waals surface area contributed by atoms with Gasteiger partial charge in [0.25, 0.3) is 0 Å². The highest BCUT2D eigenvalue weighted by Crippen LogP contribution is 2.14. The van der Waals surface area contributed by atoms with Gasteiger partial charge in [-0.2, -0.15) is 0 Å². The van der Waals surface area contributed by atoms with Gasteiger partial charge in [-0.05, 0) is 64.0 Å². The van der Waals surface area contributed by atoms with E-state index in [0.29, 0.717) is 71.1 Å². The molecule has 0 spiro atoms. The molecule has 0 bridgehead atoms. The fraction of sp³-hybridized carbons (Fsp3) is 0.615. The monoisotopic (exact) mass is 684 g/mol. The van der Waals surface area contributed by atoms with Crippen LogP contribution in [0.1, 0.15) is 103 Å². The van der Waals surface area contributed by atoms with Gasteiger partial charge in [-0.1, -0.05) is 86.3 Å². The van der Waals surface area contributed by atoms with E-state index < -0.39 is 17.8 Å². The van der Waals surface area contributed by atoms with Crippen LogP contribution in [0.15, 0.2) is 60.7 Å². The summed E-state index contributed by atoms with van der Waals surface area (Å²) in [5.41, 5.74) is 1.35. The van der Waals surface area contributed by atoms with E-state index >= 15 is 0 Å². The summed E-state index contributed by atoms with van der Waals surface area (Å²) in [6.45, 7) is 7.93. The Morgan fingerprint density at radius 2 is 1.10 bits per heavy atom. The lowest BCUT2D eigenvalue weighted by molar-refractivity contribution is -0.146. The molecule has 2 rings (SSSR count). The number of benzene rings is 2. The molecule has 2 N–H and O–H groups in total. The molecule has 0 saturated carbocycles. The number of rotatable bonds is 24. The number of hydrogen-bond acceptors (Lipinski definition) is 9. The van der Waals surface area contributed by atoms with Crippen molar-refractivity contribution in [3.63, 3.8) is 0 Å². The molecule has 0 saturated heterocycles. The van der Waals surface area contributed by atoms with Gasteiger partial charge in [-0.15, -0.1) is 0 Å². The number of aliphatic hydroxyl groups is 2.